The molecule has 0 aliphatic carbocycles. The molecule has 0 spiro atoms. The number of nitrogens with one attached hydrogen (secondary N) is 1. The molecule has 0 saturated heterocycles. The number of benzene rings is 2. The fourth-order valence-electron chi connectivity index (χ4n) is 2.82. The first-order chi connectivity index (χ1) is 12.8. The Morgan fingerprint density at radius 3 is 2.44 bits per heavy atom. The Kier molecular flexibility index (Phi) is 6.79. The van der Waals surface area contributed by atoms with E-state index >= 15 is 0 Å². The van der Waals surface area contributed by atoms with Crippen molar-refractivity contribution in [2.75, 3.05) is 7.11 Å². The standard InChI is InChI=1S/C19H20BrNO6/c1-10(18(24)21-14(19(25)26)7-9-16(22)23)11-4-3-5-13-12(11)6-8-15(27-2)17(13)20/h3-6,8,10,14H,7,9H2,1-2H3,(H,21,24)(H,22,23)(H,25,26)/t10?,14-/m0/s1. The summed E-state index contributed by atoms with van der Waals surface area (Å²) in [7, 11) is 1.56. The van der Waals surface area contributed by atoms with E-state index in [1.54, 1.807) is 26.2 Å². The number of rotatable bonds is 8. The predicted octanol–water partition coefficient (Wildman–Crippen LogP) is 3.15. The van der Waals surface area contributed by atoms with E-state index in [0.29, 0.717) is 5.75 Å². The minimum absolute atomic E-state index is 0.179. The molecule has 8 heteroatoms. The van der Waals surface area contributed by atoms with Crippen LogP contribution in [-0.2, 0) is 14.4 Å². The van der Waals surface area contributed by atoms with Gasteiger partial charge >= 0.3 is 11.9 Å². The SMILES string of the molecule is COc1ccc2c(C(C)C(=O)N[C@@H](CCC(=O)O)C(=O)O)cccc2c1Br. The van der Waals surface area contributed by atoms with Gasteiger partial charge in [0.05, 0.1) is 17.5 Å². The monoisotopic (exact) mass is 437 g/mol. The van der Waals surface area contributed by atoms with Gasteiger partial charge in [-0.1, -0.05) is 24.3 Å². The van der Waals surface area contributed by atoms with Gasteiger partial charge in [-0.05, 0) is 51.7 Å². The first-order valence-electron chi connectivity index (χ1n) is 8.26. The highest BCUT2D eigenvalue weighted by Crippen LogP contribution is 2.36. The number of methoxy groups -OCH3 is 1. The van der Waals surface area contributed by atoms with Crippen molar-refractivity contribution in [2.24, 2.45) is 0 Å². The minimum atomic E-state index is -1.26. The molecule has 2 aromatic carbocycles. The lowest BCUT2D eigenvalue weighted by Gasteiger charge is -2.19. The molecular formula is C19H20BrNO6. The van der Waals surface area contributed by atoms with Gasteiger partial charge in [-0.3, -0.25) is 9.59 Å². The quantitative estimate of drug-likeness (QED) is 0.584. The van der Waals surface area contributed by atoms with E-state index in [0.717, 1.165) is 20.8 Å². The Balaban J connectivity index is 2.29. The van der Waals surface area contributed by atoms with Crippen LogP contribution in [0.5, 0.6) is 5.75 Å². The molecule has 2 rings (SSSR count). The number of amides is 1. The fourth-order valence-corrected chi connectivity index (χ4v) is 3.46. The number of carbonyl (C=O) groups excluding carboxylic acids is 1. The van der Waals surface area contributed by atoms with Crippen LogP contribution in [0.15, 0.2) is 34.8 Å². The van der Waals surface area contributed by atoms with E-state index in [9.17, 15) is 19.5 Å². The Labute approximate surface area is 164 Å². The Morgan fingerprint density at radius 2 is 1.85 bits per heavy atom. The zero-order valence-electron chi connectivity index (χ0n) is 14.9. The highest BCUT2D eigenvalue weighted by atomic mass is 79.9. The maximum Gasteiger partial charge on any atom is 0.326 e. The van der Waals surface area contributed by atoms with Crippen LogP contribution in [0.3, 0.4) is 0 Å². The fraction of sp³-hybridized carbons (Fsp3) is 0.316. The number of fused-ring (bicyclic) bond motifs is 1. The summed E-state index contributed by atoms with van der Waals surface area (Å²) >= 11 is 3.50. The van der Waals surface area contributed by atoms with Crippen LogP contribution in [0.2, 0.25) is 0 Å². The molecule has 3 N–H and O–H groups in total. The Hall–Kier alpha value is -2.61. The summed E-state index contributed by atoms with van der Waals surface area (Å²) in [5.41, 5.74) is 0.732. The first kappa shape index (κ1) is 20.7. The summed E-state index contributed by atoms with van der Waals surface area (Å²) in [4.78, 5) is 34.6. The van der Waals surface area contributed by atoms with Crippen molar-refractivity contribution in [1.29, 1.82) is 0 Å². The number of aliphatic carboxylic acids is 2. The van der Waals surface area contributed by atoms with Crippen LogP contribution in [-0.4, -0.2) is 41.2 Å². The van der Waals surface area contributed by atoms with E-state index in [2.05, 4.69) is 21.2 Å². The van der Waals surface area contributed by atoms with Gasteiger partial charge < -0.3 is 20.3 Å². The summed E-state index contributed by atoms with van der Waals surface area (Å²) in [6.45, 7) is 1.68. The molecule has 7 nitrogen and oxygen atoms in total. The molecular weight excluding hydrogens is 418 g/mol. The van der Waals surface area contributed by atoms with Crippen molar-refractivity contribution in [1.82, 2.24) is 5.32 Å². The van der Waals surface area contributed by atoms with Gasteiger partial charge in [-0.2, -0.15) is 0 Å². The maximum atomic E-state index is 12.6. The number of ether oxygens (including phenoxy) is 1. The Bertz CT molecular complexity index is 882. The third-order valence-electron chi connectivity index (χ3n) is 4.34. The lowest BCUT2D eigenvalue weighted by molar-refractivity contribution is -0.143. The number of hydrogen-bond acceptors (Lipinski definition) is 4. The van der Waals surface area contributed by atoms with Gasteiger partial charge in [0.1, 0.15) is 11.8 Å². The molecule has 2 aromatic rings. The molecule has 0 fully saturated rings. The zero-order chi connectivity index (χ0) is 20.1. The van der Waals surface area contributed by atoms with Crippen LogP contribution in [0.4, 0.5) is 0 Å². The molecule has 0 bridgehead atoms. The van der Waals surface area contributed by atoms with E-state index in [1.165, 1.54) is 0 Å². The molecule has 144 valence electrons. The molecule has 2 atom stereocenters. The molecule has 1 amide bonds. The second-order valence-corrected chi connectivity index (χ2v) is 6.87. The molecule has 0 saturated carbocycles. The van der Waals surface area contributed by atoms with Crippen molar-refractivity contribution < 1.29 is 29.3 Å². The van der Waals surface area contributed by atoms with E-state index in [-0.39, 0.29) is 12.8 Å². The predicted molar refractivity (Wildman–Crippen MR) is 103 cm³/mol. The average Bonchev–Trinajstić information content (AvgIpc) is 2.64. The molecule has 0 aromatic heterocycles. The normalized spacial score (nSPS) is 13.0. The smallest absolute Gasteiger partial charge is 0.326 e. The van der Waals surface area contributed by atoms with Crippen molar-refractivity contribution in [3.8, 4) is 5.75 Å². The zero-order valence-corrected chi connectivity index (χ0v) is 16.4. The molecule has 0 heterocycles. The van der Waals surface area contributed by atoms with E-state index in [1.807, 2.05) is 18.2 Å². The van der Waals surface area contributed by atoms with Crippen LogP contribution >= 0.6 is 15.9 Å². The number of carboxylic acids is 2. The number of carboxylic acid groups (broad SMARTS) is 2. The number of halogens is 1. The van der Waals surface area contributed by atoms with E-state index < -0.39 is 29.8 Å². The average molecular weight is 438 g/mol. The van der Waals surface area contributed by atoms with Crippen LogP contribution in [0.1, 0.15) is 31.2 Å². The van der Waals surface area contributed by atoms with Crippen molar-refractivity contribution in [3.05, 3.63) is 40.4 Å². The lowest BCUT2D eigenvalue weighted by atomic mass is 9.93. The number of carbonyl (C=O) groups is 3. The van der Waals surface area contributed by atoms with Crippen LogP contribution in [0.25, 0.3) is 10.8 Å². The summed E-state index contributed by atoms with van der Waals surface area (Å²) in [6.07, 6.45) is -0.520. The van der Waals surface area contributed by atoms with Crippen molar-refractivity contribution in [2.45, 2.75) is 31.7 Å². The number of hydrogen-bond donors (Lipinski definition) is 3. The summed E-state index contributed by atoms with van der Waals surface area (Å²) in [5.74, 6) is -2.82. The highest BCUT2D eigenvalue weighted by molar-refractivity contribution is 9.10. The first-order valence-corrected chi connectivity index (χ1v) is 9.05. The third kappa shape index (κ3) is 4.77. The molecule has 27 heavy (non-hydrogen) atoms. The maximum absolute atomic E-state index is 12.6. The molecule has 0 aliphatic heterocycles. The second kappa shape index (κ2) is 8.85. The van der Waals surface area contributed by atoms with E-state index in [4.69, 9.17) is 9.84 Å². The summed E-state index contributed by atoms with van der Waals surface area (Å²) in [5, 5.41) is 22.1. The lowest BCUT2D eigenvalue weighted by Crippen LogP contribution is -2.42. The minimum Gasteiger partial charge on any atom is -0.496 e. The van der Waals surface area contributed by atoms with Crippen molar-refractivity contribution >= 4 is 44.5 Å². The molecule has 0 aliphatic rings. The van der Waals surface area contributed by atoms with Gasteiger partial charge in [-0.15, -0.1) is 0 Å². The van der Waals surface area contributed by atoms with Crippen LogP contribution < -0.4 is 10.1 Å². The molecule has 1 unspecified atom stereocenters. The topological polar surface area (TPSA) is 113 Å². The van der Waals surface area contributed by atoms with Gasteiger partial charge in [0.25, 0.3) is 0 Å². The second-order valence-electron chi connectivity index (χ2n) is 6.08. The highest BCUT2D eigenvalue weighted by Gasteiger charge is 2.25. The van der Waals surface area contributed by atoms with Crippen molar-refractivity contribution in [3.63, 3.8) is 0 Å². The Morgan fingerprint density at radius 1 is 1.15 bits per heavy atom. The van der Waals surface area contributed by atoms with Gasteiger partial charge in [0.2, 0.25) is 5.91 Å². The largest absolute Gasteiger partial charge is 0.496 e. The van der Waals surface area contributed by atoms with Crippen LogP contribution in [0, 0.1) is 0 Å². The van der Waals surface area contributed by atoms with Gasteiger partial charge in [0.15, 0.2) is 0 Å². The van der Waals surface area contributed by atoms with Gasteiger partial charge in [-0.25, -0.2) is 4.79 Å². The van der Waals surface area contributed by atoms with Gasteiger partial charge in [0, 0.05) is 6.42 Å². The third-order valence-corrected chi connectivity index (χ3v) is 5.15. The summed E-state index contributed by atoms with van der Waals surface area (Å²) in [6, 6.07) is 7.88. The molecule has 0 radical (unpaired) electrons. The summed E-state index contributed by atoms with van der Waals surface area (Å²) < 4.78 is 6.05.